The van der Waals surface area contributed by atoms with E-state index in [1.807, 2.05) is 36.4 Å². The molecule has 4 nitrogen and oxygen atoms in total. The van der Waals surface area contributed by atoms with Gasteiger partial charge in [-0.15, -0.1) is 6.42 Å². The lowest BCUT2D eigenvalue weighted by molar-refractivity contribution is -0.121. The van der Waals surface area contributed by atoms with Gasteiger partial charge in [-0.3, -0.25) is 4.79 Å². The number of ether oxygens (including phenoxy) is 2. The molecule has 0 bridgehead atoms. The Morgan fingerprint density at radius 3 is 2.68 bits per heavy atom. The van der Waals surface area contributed by atoms with Crippen molar-refractivity contribution in [3.05, 3.63) is 58.1 Å². The SMILES string of the molecule is C#CCOc1ccc(CCC(=O)NCc2ccc(Br)cc2)c(OC)c1. The number of amides is 1. The molecule has 25 heavy (non-hydrogen) atoms. The van der Waals surface area contributed by atoms with Gasteiger partial charge in [0, 0.05) is 23.5 Å². The second-order valence-corrected chi connectivity index (χ2v) is 6.29. The molecule has 0 saturated heterocycles. The van der Waals surface area contributed by atoms with Gasteiger partial charge in [0.1, 0.15) is 18.1 Å². The van der Waals surface area contributed by atoms with Gasteiger partial charge in [-0.2, -0.15) is 0 Å². The van der Waals surface area contributed by atoms with Crippen molar-refractivity contribution < 1.29 is 14.3 Å². The first kappa shape index (κ1) is 18.9. The van der Waals surface area contributed by atoms with Gasteiger partial charge in [-0.25, -0.2) is 0 Å². The molecule has 0 radical (unpaired) electrons. The van der Waals surface area contributed by atoms with E-state index in [-0.39, 0.29) is 12.5 Å². The smallest absolute Gasteiger partial charge is 0.220 e. The molecule has 5 heteroatoms. The third-order valence-corrected chi connectivity index (χ3v) is 4.13. The maximum Gasteiger partial charge on any atom is 0.220 e. The molecule has 0 atom stereocenters. The number of carbonyl (C=O) groups is 1. The van der Waals surface area contributed by atoms with Gasteiger partial charge < -0.3 is 14.8 Å². The summed E-state index contributed by atoms with van der Waals surface area (Å²) >= 11 is 3.39. The van der Waals surface area contributed by atoms with Gasteiger partial charge >= 0.3 is 0 Å². The van der Waals surface area contributed by atoms with Crippen LogP contribution in [0.4, 0.5) is 0 Å². The van der Waals surface area contributed by atoms with E-state index in [2.05, 4.69) is 27.2 Å². The number of rotatable bonds is 8. The lowest BCUT2D eigenvalue weighted by atomic mass is 10.1. The fraction of sp³-hybridized carbons (Fsp3) is 0.250. The van der Waals surface area contributed by atoms with E-state index in [9.17, 15) is 4.79 Å². The first-order valence-electron chi connectivity index (χ1n) is 7.86. The standard InChI is InChI=1S/C20H20BrNO3/c1-3-12-25-18-10-6-16(19(13-18)24-2)7-11-20(23)22-14-15-4-8-17(21)9-5-15/h1,4-6,8-10,13H,7,11-12,14H2,2H3,(H,22,23). The van der Waals surface area contributed by atoms with E-state index in [1.54, 1.807) is 13.2 Å². The van der Waals surface area contributed by atoms with Crippen molar-refractivity contribution in [3.8, 4) is 23.8 Å². The minimum Gasteiger partial charge on any atom is -0.496 e. The predicted molar refractivity (Wildman–Crippen MR) is 102 cm³/mol. The van der Waals surface area contributed by atoms with Gasteiger partial charge in [-0.05, 0) is 35.7 Å². The summed E-state index contributed by atoms with van der Waals surface area (Å²) in [6, 6.07) is 13.4. The molecule has 0 aliphatic carbocycles. The summed E-state index contributed by atoms with van der Waals surface area (Å²) in [5.41, 5.74) is 2.01. The van der Waals surface area contributed by atoms with Crippen LogP contribution < -0.4 is 14.8 Å². The third kappa shape index (κ3) is 6.17. The van der Waals surface area contributed by atoms with Gasteiger partial charge in [0.05, 0.1) is 7.11 Å². The van der Waals surface area contributed by atoms with Crippen molar-refractivity contribution in [1.82, 2.24) is 5.32 Å². The van der Waals surface area contributed by atoms with Gasteiger partial charge in [0.25, 0.3) is 0 Å². The van der Waals surface area contributed by atoms with Gasteiger partial charge in [0.15, 0.2) is 0 Å². The summed E-state index contributed by atoms with van der Waals surface area (Å²) in [4.78, 5) is 12.1. The average Bonchev–Trinajstić information content (AvgIpc) is 2.64. The van der Waals surface area contributed by atoms with Crippen LogP contribution in [0, 0.1) is 12.3 Å². The molecule has 130 valence electrons. The van der Waals surface area contributed by atoms with Crippen LogP contribution in [0.1, 0.15) is 17.5 Å². The number of hydrogen-bond acceptors (Lipinski definition) is 3. The Morgan fingerprint density at radius 1 is 1.24 bits per heavy atom. The summed E-state index contributed by atoms with van der Waals surface area (Å²) in [7, 11) is 1.59. The number of aryl methyl sites for hydroxylation is 1. The maximum atomic E-state index is 12.1. The number of methoxy groups -OCH3 is 1. The normalized spacial score (nSPS) is 9.96. The Morgan fingerprint density at radius 2 is 2.00 bits per heavy atom. The van der Waals surface area contributed by atoms with E-state index < -0.39 is 0 Å². The molecule has 2 aromatic rings. The van der Waals surface area contributed by atoms with Crippen LogP contribution in [0.3, 0.4) is 0 Å². The lowest BCUT2D eigenvalue weighted by Crippen LogP contribution is -2.23. The molecular formula is C20H20BrNO3. The summed E-state index contributed by atoms with van der Waals surface area (Å²) in [5, 5.41) is 2.92. The second kappa shape index (κ2) is 9.75. The monoisotopic (exact) mass is 401 g/mol. The number of benzene rings is 2. The van der Waals surface area contributed by atoms with Crippen molar-refractivity contribution in [1.29, 1.82) is 0 Å². The van der Waals surface area contributed by atoms with Crippen LogP contribution in [0.15, 0.2) is 46.9 Å². The number of carbonyl (C=O) groups excluding carboxylic acids is 1. The molecule has 0 saturated carbocycles. The fourth-order valence-electron chi connectivity index (χ4n) is 2.29. The first-order chi connectivity index (χ1) is 12.1. The molecule has 0 spiro atoms. The first-order valence-corrected chi connectivity index (χ1v) is 8.66. The minimum atomic E-state index is -0.00219. The van der Waals surface area contributed by atoms with Gasteiger partial charge in [0.2, 0.25) is 5.91 Å². The molecular weight excluding hydrogens is 382 g/mol. The molecule has 1 amide bonds. The largest absolute Gasteiger partial charge is 0.496 e. The van der Waals surface area contributed by atoms with Crippen molar-refractivity contribution in [2.75, 3.05) is 13.7 Å². The fourth-order valence-corrected chi connectivity index (χ4v) is 2.55. The van der Waals surface area contributed by atoms with Crippen LogP contribution in [-0.2, 0) is 17.8 Å². The average molecular weight is 402 g/mol. The van der Waals surface area contributed by atoms with Crippen molar-refractivity contribution in [2.45, 2.75) is 19.4 Å². The van der Waals surface area contributed by atoms with E-state index in [0.717, 1.165) is 15.6 Å². The topological polar surface area (TPSA) is 47.6 Å². The van der Waals surface area contributed by atoms with E-state index in [0.29, 0.717) is 30.9 Å². The van der Waals surface area contributed by atoms with Gasteiger partial charge in [-0.1, -0.05) is 40.0 Å². The van der Waals surface area contributed by atoms with Crippen LogP contribution >= 0.6 is 15.9 Å². The number of nitrogens with one attached hydrogen (secondary N) is 1. The number of halogens is 1. The zero-order chi connectivity index (χ0) is 18.1. The molecule has 0 aliphatic rings. The minimum absolute atomic E-state index is 0.00219. The Hall–Kier alpha value is -2.45. The molecule has 0 heterocycles. The summed E-state index contributed by atoms with van der Waals surface area (Å²) in [6.45, 7) is 0.725. The molecule has 0 aromatic heterocycles. The number of hydrogen-bond donors (Lipinski definition) is 1. The molecule has 1 N–H and O–H groups in total. The Balaban J connectivity index is 1.86. The predicted octanol–water partition coefficient (Wildman–Crippen LogP) is 3.72. The second-order valence-electron chi connectivity index (χ2n) is 5.37. The summed E-state index contributed by atoms with van der Waals surface area (Å²) in [6.07, 6.45) is 6.16. The maximum absolute atomic E-state index is 12.1. The molecule has 0 aliphatic heterocycles. The highest BCUT2D eigenvalue weighted by Gasteiger charge is 2.08. The third-order valence-electron chi connectivity index (χ3n) is 3.61. The Kier molecular flexibility index (Phi) is 7.36. The van der Waals surface area contributed by atoms with Crippen LogP contribution in [-0.4, -0.2) is 19.6 Å². The Labute approximate surface area is 156 Å². The highest BCUT2D eigenvalue weighted by molar-refractivity contribution is 9.10. The summed E-state index contributed by atoms with van der Waals surface area (Å²) < 4.78 is 11.8. The molecule has 2 rings (SSSR count). The van der Waals surface area contributed by atoms with Crippen LogP contribution in [0.2, 0.25) is 0 Å². The lowest BCUT2D eigenvalue weighted by Gasteiger charge is -2.11. The molecule has 0 unspecified atom stereocenters. The quantitative estimate of drug-likeness (QED) is 0.685. The molecule has 2 aromatic carbocycles. The van der Waals surface area contributed by atoms with E-state index >= 15 is 0 Å². The van der Waals surface area contributed by atoms with Crippen LogP contribution in [0.25, 0.3) is 0 Å². The van der Waals surface area contributed by atoms with Crippen LogP contribution in [0.5, 0.6) is 11.5 Å². The Bertz CT molecular complexity index is 751. The number of terminal acetylenes is 1. The van der Waals surface area contributed by atoms with E-state index in [1.165, 1.54) is 0 Å². The zero-order valence-electron chi connectivity index (χ0n) is 14.0. The zero-order valence-corrected chi connectivity index (χ0v) is 15.6. The van der Waals surface area contributed by atoms with Crippen molar-refractivity contribution in [3.63, 3.8) is 0 Å². The highest BCUT2D eigenvalue weighted by atomic mass is 79.9. The highest BCUT2D eigenvalue weighted by Crippen LogP contribution is 2.25. The van der Waals surface area contributed by atoms with Crippen molar-refractivity contribution in [2.24, 2.45) is 0 Å². The van der Waals surface area contributed by atoms with E-state index in [4.69, 9.17) is 15.9 Å². The van der Waals surface area contributed by atoms with Crippen molar-refractivity contribution >= 4 is 21.8 Å². The molecule has 0 fully saturated rings. The summed E-state index contributed by atoms with van der Waals surface area (Å²) in [5.74, 6) is 3.76.